The van der Waals surface area contributed by atoms with Crippen molar-refractivity contribution in [1.29, 1.82) is 0 Å². The number of hydrogen-bond acceptors (Lipinski definition) is 12. The second-order valence-electron chi connectivity index (χ2n) is 12.4. The van der Waals surface area contributed by atoms with Crippen molar-refractivity contribution in [2.75, 3.05) is 51.2 Å². The molecule has 0 radical (unpaired) electrons. The monoisotopic (exact) mass is 882 g/mol. The van der Waals surface area contributed by atoms with Gasteiger partial charge in [0.1, 0.15) is 0 Å². The molecule has 0 aliphatic heterocycles. The van der Waals surface area contributed by atoms with Crippen LogP contribution < -0.4 is 70.1 Å². The Morgan fingerprint density at radius 1 is 0.517 bits per heavy atom. The van der Waals surface area contributed by atoms with Crippen molar-refractivity contribution in [3.63, 3.8) is 0 Å². The smallest absolute Gasteiger partial charge is 0.871 e. The van der Waals surface area contributed by atoms with E-state index in [4.69, 9.17) is 9.47 Å². The number of nitrogens with one attached hydrogen (secondary N) is 4. The molecular formula is C40H40CoN4NaO10S2. The van der Waals surface area contributed by atoms with Gasteiger partial charge in [-0.25, -0.2) is 26.3 Å². The first-order valence-corrected chi connectivity index (χ1v) is 20.3. The molecule has 14 nitrogen and oxygen atoms in total. The van der Waals surface area contributed by atoms with E-state index in [-0.39, 0.29) is 103 Å². The first kappa shape index (κ1) is 48.3. The summed E-state index contributed by atoms with van der Waals surface area (Å²) in [5.41, 5.74) is 0.511. The Bertz CT molecular complexity index is 2360. The summed E-state index contributed by atoms with van der Waals surface area (Å²) in [6.07, 6.45) is 1.05. The van der Waals surface area contributed by atoms with Crippen LogP contribution in [0.5, 0.6) is 23.0 Å². The van der Waals surface area contributed by atoms with Gasteiger partial charge in [-0.05, 0) is 47.9 Å². The minimum absolute atomic E-state index is 0. The van der Waals surface area contributed by atoms with Crippen LogP contribution in [0.3, 0.4) is 0 Å². The van der Waals surface area contributed by atoms with Gasteiger partial charge in [-0.2, -0.15) is 0 Å². The van der Waals surface area contributed by atoms with Gasteiger partial charge in [-0.1, -0.05) is 108 Å². The molecule has 6 aromatic rings. The average molecular weight is 883 g/mol. The molecule has 302 valence electrons. The third-order valence-corrected chi connectivity index (χ3v) is 11.4. The van der Waals surface area contributed by atoms with Crippen molar-refractivity contribution in [3.05, 3.63) is 109 Å². The topological polar surface area (TPSA) is 227 Å². The number of rotatable bonds is 16. The van der Waals surface area contributed by atoms with Crippen molar-refractivity contribution < 1.29 is 93.1 Å². The molecular weight excluding hydrogens is 843 g/mol. The second-order valence-corrected chi connectivity index (χ2v) is 15.9. The summed E-state index contributed by atoms with van der Waals surface area (Å²) in [7, 11) is -4.50. The Hall–Kier alpha value is -4.11. The Morgan fingerprint density at radius 3 is 1.26 bits per heavy atom. The average Bonchev–Trinajstić information content (AvgIpc) is 3.19. The summed E-state index contributed by atoms with van der Waals surface area (Å²) in [5.74, 6) is -1.40. The van der Waals surface area contributed by atoms with E-state index in [1.54, 1.807) is 36.4 Å². The quantitative estimate of drug-likeness (QED) is 0.0792. The van der Waals surface area contributed by atoms with E-state index in [0.29, 0.717) is 36.8 Å². The molecule has 0 spiro atoms. The molecule has 0 saturated heterocycles. The first-order chi connectivity index (χ1) is 26.8. The summed E-state index contributed by atoms with van der Waals surface area (Å²) >= 11 is 0. The zero-order valence-corrected chi connectivity index (χ0v) is 36.5. The van der Waals surface area contributed by atoms with Gasteiger partial charge in [0.25, 0.3) is 0 Å². The first-order valence-electron chi connectivity index (χ1n) is 17.4. The summed E-state index contributed by atoms with van der Waals surface area (Å²) in [5, 5.41) is 57.8. The molecule has 58 heavy (non-hydrogen) atoms. The van der Waals surface area contributed by atoms with Gasteiger partial charge < -0.3 is 40.5 Å². The Morgan fingerprint density at radius 2 is 0.879 bits per heavy atom. The van der Waals surface area contributed by atoms with Crippen LogP contribution in [0.2, 0.25) is 0 Å². The van der Waals surface area contributed by atoms with Gasteiger partial charge in [0.15, 0.2) is 0 Å². The summed E-state index contributed by atoms with van der Waals surface area (Å²) < 4.78 is 64.5. The van der Waals surface area contributed by atoms with E-state index >= 15 is 0 Å². The number of fused-ring (bicyclic) bond motifs is 2. The van der Waals surface area contributed by atoms with Crippen LogP contribution in [-0.4, -0.2) is 57.4 Å². The van der Waals surface area contributed by atoms with Gasteiger partial charge in [0, 0.05) is 74.0 Å². The van der Waals surface area contributed by atoms with E-state index in [1.165, 1.54) is 62.8 Å². The number of benzene rings is 6. The van der Waals surface area contributed by atoms with Gasteiger partial charge in [0.2, 0.25) is 20.0 Å². The Kier molecular flexibility index (Phi) is 18.6. The molecule has 6 aromatic carbocycles. The zero-order chi connectivity index (χ0) is 40.3. The van der Waals surface area contributed by atoms with E-state index in [0.717, 1.165) is 10.8 Å². The van der Waals surface area contributed by atoms with Gasteiger partial charge in [0.05, 0.1) is 9.79 Å². The predicted molar refractivity (Wildman–Crippen MR) is 208 cm³/mol. The minimum Gasteiger partial charge on any atom is -0.871 e. The van der Waals surface area contributed by atoms with Crippen LogP contribution in [0.4, 0.5) is 22.7 Å². The molecule has 0 aliphatic rings. The van der Waals surface area contributed by atoms with Crippen LogP contribution in [0.1, 0.15) is 12.8 Å². The molecule has 4 N–H and O–H groups in total. The van der Waals surface area contributed by atoms with Crippen LogP contribution in [0, 0.1) is 0 Å². The van der Waals surface area contributed by atoms with Gasteiger partial charge in [-0.3, -0.25) is 0 Å². The van der Waals surface area contributed by atoms with Crippen LogP contribution in [0.25, 0.3) is 21.5 Å². The van der Waals surface area contributed by atoms with Crippen LogP contribution in [0.15, 0.2) is 119 Å². The third-order valence-electron chi connectivity index (χ3n) is 8.46. The second kappa shape index (κ2) is 22.3. The number of hydrogen-bond donors (Lipinski definition) is 4. The maximum absolute atomic E-state index is 12.4. The molecule has 0 atom stereocenters. The summed E-state index contributed by atoms with van der Waals surface area (Å²) in [6.45, 7) is 1.29. The van der Waals surface area contributed by atoms with Crippen molar-refractivity contribution in [3.8, 4) is 23.0 Å². The Labute approximate surface area is 370 Å². The molecule has 6 rings (SSSR count). The van der Waals surface area contributed by atoms with E-state index in [9.17, 15) is 37.3 Å². The van der Waals surface area contributed by atoms with Crippen LogP contribution >= 0.6 is 0 Å². The molecule has 0 aliphatic carbocycles. The van der Waals surface area contributed by atoms with Gasteiger partial charge >= 0.3 is 46.3 Å². The standard InChI is InChI=1S/2C20H22N2O5S.Co.Na/c2*1-27-12-4-11-21-28(25,26)15-8-10-18(23)17(13-15)22-20-16-6-3-2-5-14(16)7-9-19(20)24;;/h2*2-3,5-10,13,21-24H,4,11-12H2,1H3;;/q;;+3;+1/p-4. The summed E-state index contributed by atoms with van der Waals surface area (Å²) in [4.78, 5) is -0.112. The third kappa shape index (κ3) is 12.4. The fraction of sp³-hybridized carbons (Fsp3) is 0.200. The normalized spacial score (nSPS) is 11.2. The predicted octanol–water partition coefficient (Wildman–Crippen LogP) is 1.09. The van der Waals surface area contributed by atoms with Crippen molar-refractivity contribution in [1.82, 2.24) is 9.44 Å². The molecule has 0 aromatic heterocycles. The molecule has 0 heterocycles. The maximum Gasteiger partial charge on any atom is 3.00 e. The molecule has 0 amide bonds. The number of ether oxygens (including phenoxy) is 2. The van der Waals surface area contributed by atoms with Crippen LogP contribution in [-0.2, 0) is 46.3 Å². The fourth-order valence-electron chi connectivity index (χ4n) is 5.59. The van der Waals surface area contributed by atoms with Gasteiger partial charge in [-0.15, -0.1) is 0 Å². The molecule has 0 fully saturated rings. The fourth-order valence-corrected chi connectivity index (χ4v) is 7.79. The van der Waals surface area contributed by atoms with E-state index in [1.807, 2.05) is 24.3 Å². The molecule has 0 unspecified atom stereocenters. The molecule has 0 saturated carbocycles. The van der Waals surface area contributed by atoms with E-state index < -0.39 is 31.5 Å². The van der Waals surface area contributed by atoms with Crippen molar-refractivity contribution in [2.45, 2.75) is 22.6 Å². The SMILES string of the molecule is COCCCNS(=O)(=O)c1ccc([O-])c(Nc2c([O-])ccc3ccccc23)c1.COCCCNS(=O)(=O)c1ccc([O-])c(Nc2c([O-])ccc3ccccc23)c1.[Co+3].[Na+]. The number of sulfonamides is 2. The minimum atomic E-state index is -3.79. The maximum atomic E-state index is 12.4. The molecule has 18 heteroatoms. The number of methoxy groups -OCH3 is 2. The van der Waals surface area contributed by atoms with Crippen molar-refractivity contribution >= 4 is 64.3 Å². The summed E-state index contributed by atoms with van der Waals surface area (Å²) in [6, 6.07) is 28.0. The van der Waals surface area contributed by atoms with Crippen molar-refractivity contribution in [2.24, 2.45) is 0 Å². The largest absolute Gasteiger partial charge is 3.00 e. The van der Waals surface area contributed by atoms with E-state index in [2.05, 4.69) is 20.1 Å². The molecule has 0 bridgehead atoms. The Balaban J connectivity index is 0.000000300. The number of anilines is 4. The zero-order valence-electron chi connectivity index (χ0n) is 31.9.